The summed E-state index contributed by atoms with van der Waals surface area (Å²) in [5.41, 5.74) is 4.59. The molecule has 0 spiro atoms. The quantitative estimate of drug-likeness (QED) is 0.824. The molecule has 0 bridgehead atoms. The van der Waals surface area contributed by atoms with Gasteiger partial charge in [-0.05, 0) is 29.3 Å². The Morgan fingerprint density at radius 3 is 2.52 bits per heavy atom. The summed E-state index contributed by atoms with van der Waals surface area (Å²) in [6.07, 6.45) is 1.75. The summed E-state index contributed by atoms with van der Waals surface area (Å²) < 4.78 is 11.4. The minimum atomic E-state index is 0.205. The van der Waals surface area contributed by atoms with E-state index < -0.39 is 0 Å². The van der Waals surface area contributed by atoms with Gasteiger partial charge in [0, 0.05) is 18.4 Å². The molecule has 2 aromatic rings. The maximum atomic E-state index is 10.6. The Morgan fingerprint density at radius 1 is 1.04 bits per heavy atom. The van der Waals surface area contributed by atoms with Gasteiger partial charge in [0.05, 0.1) is 33.4 Å². The molecule has 132 valence electrons. The highest BCUT2D eigenvalue weighted by atomic mass is 16.5. The van der Waals surface area contributed by atoms with Gasteiger partial charge in [0.15, 0.2) is 23.0 Å². The molecule has 2 heterocycles. The van der Waals surface area contributed by atoms with Gasteiger partial charge in [-0.15, -0.1) is 0 Å². The van der Waals surface area contributed by atoms with Crippen LogP contribution in [0.2, 0.25) is 0 Å². The van der Waals surface area contributed by atoms with Crippen LogP contribution < -0.4 is 9.47 Å². The average molecular weight is 342 g/mol. The first kappa shape index (κ1) is 16.1. The van der Waals surface area contributed by atoms with Gasteiger partial charge in [-0.25, -0.2) is 0 Å². The molecular weight excluding hydrogens is 318 g/mol. The van der Waals surface area contributed by atoms with Crippen molar-refractivity contribution in [2.75, 3.05) is 27.8 Å². The molecule has 0 unspecified atom stereocenters. The topological polar surface area (TPSA) is 58.9 Å². The fourth-order valence-corrected chi connectivity index (χ4v) is 4.46. The summed E-state index contributed by atoms with van der Waals surface area (Å²) in [4.78, 5) is 0. The lowest BCUT2D eigenvalue weighted by atomic mass is 9.81. The van der Waals surface area contributed by atoms with E-state index in [9.17, 15) is 10.2 Å². The lowest BCUT2D eigenvalue weighted by molar-refractivity contribution is -0.956. The Bertz CT molecular complexity index is 848. The number of nitrogens with zero attached hydrogens (tertiary/aromatic N) is 1. The van der Waals surface area contributed by atoms with E-state index in [0.29, 0.717) is 17.5 Å². The van der Waals surface area contributed by atoms with Gasteiger partial charge >= 0.3 is 0 Å². The molecule has 2 aliphatic heterocycles. The molecule has 5 heteroatoms. The van der Waals surface area contributed by atoms with Gasteiger partial charge in [-0.3, -0.25) is 0 Å². The molecule has 0 aliphatic carbocycles. The van der Waals surface area contributed by atoms with E-state index in [4.69, 9.17) is 9.47 Å². The smallest absolute Gasteiger partial charge is 0.166 e. The van der Waals surface area contributed by atoms with E-state index in [-0.39, 0.29) is 11.5 Å². The number of ether oxygens (including phenoxy) is 2. The summed E-state index contributed by atoms with van der Waals surface area (Å²) in [6.45, 7) is 1.74. The van der Waals surface area contributed by atoms with Crippen molar-refractivity contribution < 1.29 is 24.2 Å². The van der Waals surface area contributed by atoms with Gasteiger partial charge in [0.1, 0.15) is 12.6 Å². The van der Waals surface area contributed by atoms with Crippen LogP contribution in [0.3, 0.4) is 0 Å². The maximum Gasteiger partial charge on any atom is 0.166 e. The third-order valence-corrected chi connectivity index (χ3v) is 5.94. The molecule has 0 aromatic heterocycles. The van der Waals surface area contributed by atoms with Gasteiger partial charge in [-0.2, -0.15) is 0 Å². The largest absolute Gasteiger partial charge is 0.504 e. The minimum Gasteiger partial charge on any atom is -0.504 e. The molecule has 25 heavy (non-hydrogen) atoms. The molecule has 2 N–H and O–H groups in total. The second-order valence-corrected chi connectivity index (χ2v) is 7.31. The summed E-state index contributed by atoms with van der Waals surface area (Å²) in [5.74, 6) is 1.53. The number of phenolic OH excluding ortho intramolecular Hbond substituents is 2. The number of rotatable bonds is 2. The van der Waals surface area contributed by atoms with E-state index in [1.807, 2.05) is 18.2 Å². The molecular formula is C20H24NO4+. The predicted octanol–water partition coefficient (Wildman–Crippen LogP) is 2.92. The highest BCUT2D eigenvalue weighted by Gasteiger charge is 2.44. The number of fused-ring (bicyclic) bond motifs is 4. The lowest BCUT2D eigenvalue weighted by Gasteiger charge is -2.49. The van der Waals surface area contributed by atoms with Crippen LogP contribution in [0.4, 0.5) is 0 Å². The fraction of sp³-hybridized carbons (Fsp3) is 0.400. The van der Waals surface area contributed by atoms with Gasteiger partial charge in [0.2, 0.25) is 0 Å². The molecule has 0 radical (unpaired) electrons. The maximum absolute atomic E-state index is 10.6. The number of hydrogen-bond donors (Lipinski definition) is 2. The molecule has 0 saturated heterocycles. The molecule has 2 atom stereocenters. The fourth-order valence-electron chi connectivity index (χ4n) is 4.46. The van der Waals surface area contributed by atoms with E-state index in [1.165, 1.54) is 16.7 Å². The van der Waals surface area contributed by atoms with E-state index in [0.717, 1.165) is 36.0 Å². The monoisotopic (exact) mass is 342 g/mol. The third-order valence-electron chi connectivity index (χ3n) is 5.94. The van der Waals surface area contributed by atoms with Crippen molar-refractivity contribution in [1.29, 1.82) is 0 Å². The zero-order valence-electron chi connectivity index (χ0n) is 14.9. The second kappa shape index (κ2) is 5.56. The first-order chi connectivity index (χ1) is 12.0. The Balaban J connectivity index is 1.83. The lowest BCUT2D eigenvalue weighted by Crippen LogP contribution is -2.53. The highest BCUT2D eigenvalue weighted by molar-refractivity contribution is 5.52. The van der Waals surface area contributed by atoms with Gasteiger partial charge in [0.25, 0.3) is 0 Å². The van der Waals surface area contributed by atoms with Crippen molar-refractivity contribution in [3.63, 3.8) is 0 Å². The number of hydrogen-bond acceptors (Lipinski definition) is 4. The van der Waals surface area contributed by atoms with Crippen LogP contribution in [0.1, 0.15) is 28.3 Å². The zero-order valence-corrected chi connectivity index (χ0v) is 14.9. The van der Waals surface area contributed by atoms with Crippen LogP contribution in [-0.2, 0) is 19.4 Å². The van der Waals surface area contributed by atoms with Gasteiger partial charge < -0.3 is 24.2 Å². The second-order valence-electron chi connectivity index (χ2n) is 7.31. The third kappa shape index (κ3) is 2.34. The summed E-state index contributed by atoms with van der Waals surface area (Å²) in [6, 6.07) is 8.02. The number of quaternary nitrogens is 1. The zero-order chi connectivity index (χ0) is 17.8. The minimum absolute atomic E-state index is 0.205. The van der Waals surface area contributed by atoms with Gasteiger partial charge in [-0.1, -0.05) is 6.07 Å². The summed E-state index contributed by atoms with van der Waals surface area (Å²) >= 11 is 0. The SMILES string of the molecule is COc1cc2c(cc1O)CC[N@@+]1(C)Cc3c(ccc(OC)c3O)C[C@@H]21. The molecule has 0 fully saturated rings. The van der Waals surface area contributed by atoms with Crippen LogP contribution in [0.15, 0.2) is 24.3 Å². The molecule has 5 nitrogen and oxygen atoms in total. The molecule has 2 aliphatic rings. The van der Waals surface area contributed by atoms with E-state index in [2.05, 4.69) is 13.1 Å². The number of benzene rings is 2. The first-order valence-electron chi connectivity index (χ1n) is 8.58. The Morgan fingerprint density at radius 2 is 1.80 bits per heavy atom. The van der Waals surface area contributed by atoms with Crippen LogP contribution >= 0.6 is 0 Å². The normalized spacial score (nSPS) is 24.0. The first-order valence-corrected chi connectivity index (χ1v) is 8.58. The van der Waals surface area contributed by atoms with Crippen LogP contribution in [0, 0.1) is 0 Å². The van der Waals surface area contributed by atoms with Crippen LogP contribution in [0.5, 0.6) is 23.0 Å². The van der Waals surface area contributed by atoms with Crippen molar-refractivity contribution in [2.45, 2.75) is 25.4 Å². The highest BCUT2D eigenvalue weighted by Crippen LogP contribution is 2.48. The Hall–Kier alpha value is -2.40. The van der Waals surface area contributed by atoms with Crippen molar-refractivity contribution in [1.82, 2.24) is 0 Å². The van der Waals surface area contributed by atoms with Crippen molar-refractivity contribution in [2.24, 2.45) is 0 Å². The molecule has 2 aromatic carbocycles. The average Bonchev–Trinajstić information content (AvgIpc) is 2.60. The predicted molar refractivity (Wildman–Crippen MR) is 94.2 cm³/mol. The van der Waals surface area contributed by atoms with E-state index in [1.54, 1.807) is 14.2 Å². The Labute approximate surface area is 147 Å². The standard InChI is InChI=1S/C20H23NO4/c1-21-7-6-13-9-17(22)19(25-3)10-14(13)16(21)8-12-4-5-18(24-2)20(23)15(12)11-21/h4-5,9-10,16H,6-8,11H2,1-3H3,(H-,22,23)/p+1/t16-,21-/m0/s1. The van der Waals surface area contributed by atoms with Crippen molar-refractivity contribution >= 4 is 0 Å². The number of likely N-dealkylation sites (N-methyl/N-ethyl adjacent to an activating group) is 1. The number of aromatic hydroxyl groups is 2. The van der Waals surface area contributed by atoms with Crippen molar-refractivity contribution in [3.8, 4) is 23.0 Å². The molecule has 0 amide bonds. The van der Waals surface area contributed by atoms with Crippen LogP contribution in [0.25, 0.3) is 0 Å². The number of phenols is 2. The molecule has 0 saturated carbocycles. The Kier molecular flexibility index (Phi) is 3.58. The summed E-state index contributed by atoms with van der Waals surface area (Å²) in [7, 11) is 5.41. The van der Waals surface area contributed by atoms with Crippen LogP contribution in [-0.4, -0.2) is 42.5 Å². The van der Waals surface area contributed by atoms with Crippen molar-refractivity contribution in [3.05, 3.63) is 46.5 Å². The molecule has 4 rings (SSSR count). The summed E-state index contributed by atoms with van der Waals surface area (Å²) in [5, 5.41) is 20.7. The van der Waals surface area contributed by atoms with E-state index >= 15 is 0 Å². The number of methoxy groups -OCH3 is 2.